The third kappa shape index (κ3) is 3.72. The Hall–Kier alpha value is -2.43. The van der Waals surface area contributed by atoms with Gasteiger partial charge >= 0.3 is 0 Å². The van der Waals surface area contributed by atoms with Gasteiger partial charge in [0.2, 0.25) is 0 Å². The van der Waals surface area contributed by atoms with Gasteiger partial charge in [-0.1, -0.05) is 6.92 Å². The van der Waals surface area contributed by atoms with Crippen molar-refractivity contribution < 1.29 is 9.84 Å². The van der Waals surface area contributed by atoms with Crippen LogP contribution in [-0.4, -0.2) is 50.6 Å². The molecule has 0 saturated carbocycles. The summed E-state index contributed by atoms with van der Waals surface area (Å²) in [6.07, 6.45) is 0.300. The van der Waals surface area contributed by atoms with Crippen LogP contribution in [-0.2, 0) is 19.5 Å². The van der Waals surface area contributed by atoms with E-state index in [0.29, 0.717) is 24.4 Å². The van der Waals surface area contributed by atoms with E-state index in [1.807, 2.05) is 0 Å². The molecule has 2 heterocycles. The number of fused-ring (bicyclic) bond motifs is 1. The third-order valence-corrected chi connectivity index (χ3v) is 4.12. The molecular formula is C17H21N5O2. The number of aliphatic hydroxyl groups excluding tert-OH is 1. The maximum atomic E-state index is 10.2. The molecule has 0 radical (unpaired) electrons. The number of ether oxygens (including phenoxy) is 1. The van der Waals surface area contributed by atoms with Crippen molar-refractivity contribution in [2.45, 2.75) is 32.5 Å². The summed E-state index contributed by atoms with van der Waals surface area (Å²) < 4.78 is 7.74. The van der Waals surface area contributed by atoms with Gasteiger partial charge in [0.25, 0.3) is 0 Å². The fourth-order valence-electron chi connectivity index (χ4n) is 2.85. The molecule has 7 nitrogen and oxygen atoms in total. The summed E-state index contributed by atoms with van der Waals surface area (Å²) in [5.41, 5.74) is 0.590. The molecule has 1 aromatic heterocycles. The summed E-state index contributed by atoms with van der Waals surface area (Å²) >= 11 is 0. The van der Waals surface area contributed by atoms with Gasteiger partial charge in [-0.25, -0.2) is 0 Å². The Balaban J connectivity index is 1.48. The van der Waals surface area contributed by atoms with Crippen LogP contribution in [0.1, 0.15) is 24.1 Å². The number of nitrogens with zero attached hydrogens (tertiary/aromatic N) is 5. The molecule has 2 aromatic rings. The topological polar surface area (TPSA) is 87.2 Å². The highest BCUT2D eigenvalue weighted by molar-refractivity contribution is 5.34. The highest BCUT2D eigenvalue weighted by Gasteiger charge is 2.22. The summed E-state index contributed by atoms with van der Waals surface area (Å²) in [7, 11) is 0. The maximum absolute atomic E-state index is 10.2. The summed E-state index contributed by atoms with van der Waals surface area (Å²) in [6.45, 7) is 5.25. The lowest BCUT2D eigenvalue weighted by molar-refractivity contribution is 0.0581. The molecule has 0 aliphatic carbocycles. The number of β-amino-alcohol motifs (C(OH)–C–C–N with tert-alkyl or cyclic N) is 1. The van der Waals surface area contributed by atoms with Crippen LogP contribution >= 0.6 is 0 Å². The van der Waals surface area contributed by atoms with Crippen LogP contribution in [0.4, 0.5) is 0 Å². The van der Waals surface area contributed by atoms with E-state index in [4.69, 9.17) is 10.00 Å². The Labute approximate surface area is 141 Å². The van der Waals surface area contributed by atoms with Crippen molar-refractivity contribution >= 4 is 0 Å². The minimum absolute atomic E-state index is 0.218. The molecule has 1 aliphatic heterocycles. The van der Waals surface area contributed by atoms with E-state index in [-0.39, 0.29) is 6.61 Å². The molecule has 0 saturated heterocycles. The lowest BCUT2D eigenvalue weighted by Gasteiger charge is -2.29. The molecule has 126 valence electrons. The smallest absolute Gasteiger partial charge is 0.147 e. The lowest BCUT2D eigenvalue weighted by atomic mass is 10.2. The maximum Gasteiger partial charge on any atom is 0.147 e. The standard InChI is InChI=1S/C17H21N5O2/c1-2-16-19-20-17-11-21(7-8-22(16)17)10-14(23)12-24-15-5-3-13(9-18)4-6-15/h3-6,14,23H,2,7-8,10-12H2,1H3. The number of hydrogen-bond donors (Lipinski definition) is 1. The molecule has 1 atom stereocenters. The van der Waals surface area contributed by atoms with Crippen LogP contribution in [0.25, 0.3) is 0 Å². The van der Waals surface area contributed by atoms with Crippen molar-refractivity contribution in [1.82, 2.24) is 19.7 Å². The predicted molar refractivity (Wildman–Crippen MR) is 87.3 cm³/mol. The molecule has 1 aliphatic rings. The Morgan fingerprint density at radius 3 is 2.79 bits per heavy atom. The average Bonchev–Trinajstić information content (AvgIpc) is 3.02. The summed E-state index contributed by atoms with van der Waals surface area (Å²) in [6, 6.07) is 8.93. The monoisotopic (exact) mass is 327 g/mol. The molecule has 0 spiro atoms. The van der Waals surface area contributed by atoms with Crippen molar-refractivity contribution in [3.05, 3.63) is 41.5 Å². The van der Waals surface area contributed by atoms with E-state index in [2.05, 4.69) is 32.7 Å². The zero-order valence-electron chi connectivity index (χ0n) is 13.7. The number of aliphatic hydroxyl groups is 1. The largest absolute Gasteiger partial charge is 0.491 e. The van der Waals surface area contributed by atoms with Gasteiger partial charge < -0.3 is 14.4 Å². The zero-order valence-corrected chi connectivity index (χ0v) is 13.7. The first-order valence-corrected chi connectivity index (χ1v) is 8.14. The quantitative estimate of drug-likeness (QED) is 0.850. The van der Waals surface area contributed by atoms with Gasteiger partial charge in [0.05, 0.1) is 18.2 Å². The molecule has 0 bridgehead atoms. The van der Waals surface area contributed by atoms with Crippen LogP contribution in [0.5, 0.6) is 5.75 Å². The predicted octanol–water partition coefficient (Wildman–Crippen LogP) is 0.968. The number of nitriles is 1. The first kappa shape index (κ1) is 16.4. The fourth-order valence-corrected chi connectivity index (χ4v) is 2.85. The molecular weight excluding hydrogens is 306 g/mol. The van der Waals surface area contributed by atoms with Gasteiger partial charge in [0.15, 0.2) is 0 Å². The highest BCUT2D eigenvalue weighted by atomic mass is 16.5. The van der Waals surface area contributed by atoms with E-state index in [1.165, 1.54) is 0 Å². The second kappa shape index (κ2) is 7.43. The van der Waals surface area contributed by atoms with E-state index in [1.54, 1.807) is 24.3 Å². The molecule has 0 fully saturated rings. The number of aryl methyl sites for hydroxylation is 1. The van der Waals surface area contributed by atoms with Gasteiger partial charge in [-0.05, 0) is 24.3 Å². The SMILES string of the molecule is CCc1nnc2n1CCN(CC(O)COc1ccc(C#N)cc1)C2. The highest BCUT2D eigenvalue weighted by Crippen LogP contribution is 2.14. The number of hydrogen-bond acceptors (Lipinski definition) is 6. The Bertz CT molecular complexity index is 720. The minimum Gasteiger partial charge on any atom is -0.491 e. The van der Waals surface area contributed by atoms with Crippen molar-refractivity contribution in [1.29, 1.82) is 5.26 Å². The summed E-state index contributed by atoms with van der Waals surface area (Å²) in [5, 5.41) is 27.4. The number of aromatic nitrogens is 3. The van der Waals surface area contributed by atoms with Crippen LogP contribution in [0, 0.1) is 11.3 Å². The van der Waals surface area contributed by atoms with E-state index >= 15 is 0 Å². The van der Waals surface area contributed by atoms with Crippen molar-refractivity contribution in [2.75, 3.05) is 19.7 Å². The molecule has 7 heteroatoms. The van der Waals surface area contributed by atoms with Gasteiger partial charge in [0.1, 0.15) is 30.1 Å². The van der Waals surface area contributed by atoms with E-state index < -0.39 is 6.10 Å². The molecule has 3 rings (SSSR count). The molecule has 24 heavy (non-hydrogen) atoms. The molecule has 1 aromatic carbocycles. The minimum atomic E-state index is -0.583. The summed E-state index contributed by atoms with van der Waals surface area (Å²) in [4.78, 5) is 2.16. The van der Waals surface area contributed by atoms with Gasteiger partial charge in [0, 0.05) is 26.1 Å². The normalized spacial score (nSPS) is 15.5. The molecule has 1 N–H and O–H groups in total. The van der Waals surface area contributed by atoms with Gasteiger partial charge in [-0.2, -0.15) is 5.26 Å². The van der Waals surface area contributed by atoms with Crippen molar-refractivity contribution in [2.24, 2.45) is 0 Å². The average molecular weight is 327 g/mol. The van der Waals surface area contributed by atoms with Crippen molar-refractivity contribution in [3.63, 3.8) is 0 Å². The third-order valence-electron chi connectivity index (χ3n) is 4.12. The first-order valence-electron chi connectivity index (χ1n) is 8.14. The molecule has 0 amide bonds. The molecule has 1 unspecified atom stereocenters. The van der Waals surface area contributed by atoms with Gasteiger partial charge in [-0.3, -0.25) is 4.90 Å². The second-order valence-electron chi connectivity index (χ2n) is 5.87. The van der Waals surface area contributed by atoms with Crippen LogP contribution in [0.2, 0.25) is 0 Å². The second-order valence-corrected chi connectivity index (χ2v) is 5.87. The van der Waals surface area contributed by atoms with E-state index in [0.717, 1.165) is 31.2 Å². The first-order chi connectivity index (χ1) is 11.7. The van der Waals surface area contributed by atoms with Crippen LogP contribution in [0.3, 0.4) is 0 Å². The number of benzene rings is 1. The zero-order chi connectivity index (χ0) is 16.9. The number of rotatable bonds is 6. The van der Waals surface area contributed by atoms with Crippen LogP contribution < -0.4 is 4.74 Å². The van der Waals surface area contributed by atoms with Gasteiger partial charge in [-0.15, -0.1) is 10.2 Å². The van der Waals surface area contributed by atoms with Crippen LogP contribution in [0.15, 0.2) is 24.3 Å². The lowest BCUT2D eigenvalue weighted by Crippen LogP contribution is -2.40. The van der Waals surface area contributed by atoms with E-state index in [9.17, 15) is 5.11 Å². The Kier molecular flexibility index (Phi) is 5.08. The summed E-state index contributed by atoms with van der Waals surface area (Å²) in [5.74, 6) is 2.63. The van der Waals surface area contributed by atoms with Crippen molar-refractivity contribution in [3.8, 4) is 11.8 Å². The Morgan fingerprint density at radius 2 is 2.08 bits per heavy atom. The Morgan fingerprint density at radius 1 is 1.29 bits per heavy atom. The fraction of sp³-hybridized carbons (Fsp3) is 0.471.